The lowest BCUT2D eigenvalue weighted by molar-refractivity contribution is 0.928. The molecule has 0 aliphatic rings. The van der Waals surface area contributed by atoms with Crippen LogP contribution in [-0.4, -0.2) is 20.3 Å². The lowest BCUT2D eigenvalue weighted by Crippen LogP contribution is -2.09. The Morgan fingerprint density at radius 3 is 2.50 bits per heavy atom. The van der Waals surface area contributed by atoms with E-state index in [1.165, 1.54) is 0 Å². The molecule has 4 heteroatoms. The van der Waals surface area contributed by atoms with E-state index in [9.17, 15) is 0 Å². The summed E-state index contributed by atoms with van der Waals surface area (Å²) in [5, 5.41) is 3.10. The zero-order valence-electron chi connectivity index (χ0n) is 10.4. The number of nitrogens with zero attached hydrogens (tertiary/aromatic N) is 1. The third-order valence-corrected chi connectivity index (χ3v) is 2.45. The Morgan fingerprint density at radius 2 is 2.12 bits per heavy atom. The quantitative estimate of drug-likeness (QED) is 0.360. The van der Waals surface area contributed by atoms with Gasteiger partial charge in [-0.25, -0.2) is 4.99 Å². The van der Waals surface area contributed by atoms with Gasteiger partial charge in [-0.3, -0.25) is 0 Å². The number of nitrogens with two attached hydrogens (primary N) is 2. The normalized spacial score (nSPS) is 14.5. The minimum absolute atomic E-state index is 0.414. The Balaban J connectivity index is 5.06. The van der Waals surface area contributed by atoms with Crippen LogP contribution in [0.25, 0.3) is 0 Å². The first-order valence-electron chi connectivity index (χ1n) is 5.24. The van der Waals surface area contributed by atoms with Gasteiger partial charge in [-0.1, -0.05) is 11.6 Å². The molecule has 0 saturated heterocycles. The summed E-state index contributed by atoms with van der Waals surface area (Å²) >= 11 is 0. The molecule has 0 spiro atoms. The van der Waals surface area contributed by atoms with Crippen LogP contribution in [-0.2, 0) is 0 Å². The third-order valence-electron chi connectivity index (χ3n) is 2.45. The fourth-order valence-electron chi connectivity index (χ4n) is 1.21. The zero-order valence-corrected chi connectivity index (χ0v) is 10.4. The second-order valence-electron chi connectivity index (χ2n) is 3.46. The lowest BCUT2D eigenvalue weighted by atomic mass is 10.0. The molecule has 0 saturated carbocycles. The highest BCUT2D eigenvalue weighted by Crippen LogP contribution is 2.15. The maximum atomic E-state index is 5.64. The number of hydrogen-bond donors (Lipinski definition) is 3. The topological polar surface area (TPSA) is 76.4 Å². The molecule has 0 aromatic heterocycles. The summed E-state index contributed by atoms with van der Waals surface area (Å²) in [4.78, 5) is 3.68. The van der Waals surface area contributed by atoms with Gasteiger partial charge in [-0.15, -0.1) is 0 Å². The van der Waals surface area contributed by atoms with E-state index in [1.807, 2.05) is 33.0 Å². The number of rotatable bonds is 6. The molecule has 0 heterocycles. The van der Waals surface area contributed by atoms with Gasteiger partial charge in [0.1, 0.15) is 5.82 Å². The number of nitrogens with one attached hydrogen (secondary N) is 1. The van der Waals surface area contributed by atoms with Crippen LogP contribution >= 0.6 is 0 Å². The van der Waals surface area contributed by atoms with Crippen molar-refractivity contribution in [1.29, 1.82) is 0 Å². The van der Waals surface area contributed by atoms with E-state index in [0.29, 0.717) is 12.4 Å². The van der Waals surface area contributed by atoms with Crippen LogP contribution in [0.5, 0.6) is 0 Å². The molecule has 0 fully saturated rings. The Kier molecular flexibility index (Phi) is 6.96. The summed E-state index contributed by atoms with van der Waals surface area (Å²) in [5.74, 6) is 0.414. The third kappa shape index (κ3) is 4.79. The van der Waals surface area contributed by atoms with Gasteiger partial charge in [0.2, 0.25) is 0 Å². The van der Waals surface area contributed by atoms with Crippen molar-refractivity contribution in [3.8, 4) is 0 Å². The molecular weight excluding hydrogens is 200 g/mol. The van der Waals surface area contributed by atoms with E-state index in [4.69, 9.17) is 11.5 Å². The molecule has 0 aliphatic heterocycles. The number of aliphatic imine (C=N–C) groups is 1. The lowest BCUT2D eigenvalue weighted by Gasteiger charge is -2.10. The summed E-state index contributed by atoms with van der Waals surface area (Å²) in [7, 11) is 1.87. The Labute approximate surface area is 97.8 Å². The van der Waals surface area contributed by atoms with E-state index < -0.39 is 0 Å². The van der Waals surface area contributed by atoms with E-state index in [0.717, 1.165) is 23.3 Å². The van der Waals surface area contributed by atoms with E-state index in [-0.39, 0.29) is 0 Å². The van der Waals surface area contributed by atoms with Crippen molar-refractivity contribution < 1.29 is 0 Å². The highest BCUT2D eigenvalue weighted by Gasteiger charge is 2.03. The summed E-state index contributed by atoms with van der Waals surface area (Å²) in [6, 6.07) is 0. The Bertz CT molecular complexity index is 324. The largest absolute Gasteiger partial charge is 0.391 e. The molecule has 0 aromatic rings. The fourth-order valence-corrected chi connectivity index (χ4v) is 1.21. The van der Waals surface area contributed by atoms with Crippen LogP contribution < -0.4 is 16.8 Å². The summed E-state index contributed by atoms with van der Waals surface area (Å²) < 4.78 is 0. The maximum Gasteiger partial charge on any atom is 0.122 e. The molecule has 5 N–H and O–H groups in total. The minimum Gasteiger partial charge on any atom is -0.391 e. The van der Waals surface area contributed by atoms with Crippen molar-refractivity contribution in [2.45, 2.75) is 20.3 Å². The molecule has 0 aromatic carbocycles. The molecule has 0 radical (unpaired) electrons. The molecule has 0 rings (SSSR count). The molecular formula is C12H22N4. The minimum atomic E-state index is 0.414. The van der Waals surface area contributed by atoms with Crippen molar-refractivity contribution in [2.75, 3.05) is 13.6 Å². The first kappa shape index (κ1) is 14.5. The van der Waals surface area contributed by atoms with Crippen LogP contribution in [0.1, 0.15) is 20.3 Å². The van der Waals surface area contributed by atoms with Gasteiger partial charge in [0.05, 0.1) is 0 Å². The SMILES string of the molecule is C=N/C(N)=C\C(C/C(=C/C)CN)=C(/C)NC. The first-order valence-corrected chi connectivity index (χ1v) is 5.24. The van der Waals surface area contributed by atoms with E-state index in [1.54, 1.807) is 0 Å². The monoisotopic (exact) mass is 222 g/mol. The predicted molar refractivity (Wildman–Crippen MR) is 71.0 cm³/mol. The number of hydrogen-bond acceptors (Lipinski definition) is 4. The highest BCUT2D eigenvalue weighted by molar-refractivity contribution is 5.35. The maximum absolute atomic E-state index is 5.64. The summed E-state index contributed by atoms with van der Waals surface area (Å²) in [6.45, 7) is 7.91. The van der Waals surface area contributed by atoms with Crippen molar-refractivity contribution in [3.63, 3.8) is 0 Å². The van der Waals surface area contributed by atoms with Crippen LogP contribution in [0.3, 0.4) is 0 Å². The zero-order chi connectivity index (χ0) is 12.6. The average Bonchev–Trinajstić information content (AvgIpc) is 2.32. The van der Waals surface area contributed by atoms with E-state index >= 15 is 0 Å². The van der Waals surface area contributed by atoms with Crippen LogP contribution in [0.15, 0.2) is 39.8 Å². The Hall–Kier alpha value is -1.55. The van der Waals surface area contributed by atoms with Crippen LogP contribution in [0.4, 0.5) is 0 Å². The first-order chi connectivity index (χ1) is 7.58. The second kappa shape index (κ2) is 7.70. The van der Waals surface area contributed by atoms with Gasteiger partial charge in [0.25, 0.3) is 0 Å². The smallest absolute Gasteiger partial charge is 0.122 e. The molecule has 0 unspecified atom stereocenters. The number of allylic oxidation sites excluding steroid dienone is 4. The van der Waals surface area contributed by atoms with Crippen molar-refractivity contribution in [3.05, 3.63) is 34.8 Å². The van der Waals surface area contributed by atoms with Crippen molar-refractivity contribution in [2.24, 2.45) is 16.5 Å². The molecule has 0 atom stereocenters. The van der Waals surface area contributed by atoms with Crippen LogP contribution in [0, 0.1) is 0 Å². The van der Waals surface area contributed by atoms with Crippen molar-refractivity contribution in [1.82, 2.24) is 5.32 Å². The molecule has 90 valence electrons. The van der Waals surface area contributed by atoms with Gasteiger partial charge in [0, 0.05) is 19.3 Å². The van der Waals surface area contributed by atoms with Crippen molar-refractivity contribution >= 4 is 6.72 Å². The fraction of sp³-hybridized carbons (Fsp3) is 0.417. The molecule has 0 amide bonds. The van der Waals surface area contributed by atoms with Crippen LogP contribution in [0.2, 0.25) is 0 Å². The van der Waals surface area contributed by atoms with Gasteiger partial charge < -0.3 is 16.8 Å². The average molecular weight is 222 g/mol. The van der Waals surface area contributed by atoms with Gasteiger partial charge >= 0.3 is 0 Å². The highest BCUT2D eigenvalue weighted by atomic mass is 14.9. The molecule has 0 aliphatic carbocycles. The van der Waals surface area contributed by atoms with Gasteiger partial charge in [0.15, 0.2) is 0 Å². The Morgan fingerprint density at radius 1 is 1.50 bits per heavy atom. The molecule has 16 heavy (non-hydrogen) atoms. The summed E-state index contributed by atoms with van der Waals surface area (Å²) in [6.07, 6.45) is 4.61. The molecule has 4 nitrogen and oxygen atoms in total. The summed E-state index contributed by atoms with van der Waals surface area (Å²) in [5.41, 5.74) is 14.6. The predicted octanol–water partition coefficient (Wildman–Crippen LogP) is 1.28. The molecule has 0 bridgehead atoms. The second-order valence-corrected chi connectivity index (χ2v) is 3.46. The van der Waals surface area contributed by atoms with Gasteiger partial charge in [-0.05, 0) is 38.6 Å². The van der Waals surface area contributed by atoms with E-state index in [2.05, 4.69) is 17.0 Å². The standard InChI is InChI=1S/C12H22N4/c1-5-10(8-13)6-11(9(2)15-3)7-12(14)16-4/h5,7,15H,4,6,8,13-14H2,1-3H3/b10-5-,11-9+,12-7-. The van der Waals surface area contributed by atoms with Gasteiger partial charge in [-0.2, -0.15) is 0 Å².